The van der Waals surface area contributed by atoms with Gasteiger partial charge in [-0.15, -0.1) is 0 Å². The number of rotatable bonds is 1. The Morgan fingerprint density at radius 2 is 1.87 bits per heavy atom. The SMILES string of the molecule is O=C(c1ccccc1F)N1C[C@@H]2C[C@H](C1)c1cccc(=O)n1C2. The highest BCUT2D eigenvalue weighted by atomic mass is 19.1. The minimum atomic E-state index is -0.482. The van der Waals surface area contributed by atoms with E-state index >= 15 is 0 Å². The van der Waals surface area contributed by atoms with Gasteiger partial charge in [-0.05, 0) is 30.5 Å². The first-order chi connectivity index (χ1) is 11.1. The van der Waals surface area contributed by atoms with Crippen LogP contribution in [0.5, 0.6) is 0 Å². The normalized spacial score (nSPS) is 22.6. The third-order valence-electron chi connectivity index (χ3n) is 4.87. The highest BCUT2D eigenvalue weighted by Gasteiger charge is 2.36. The van der Waals surface area contributed by atoms with Gasteiger partial charge in [-0.2, -0.15) is 0 Å². The molecule has 3 heterocycles. The molecule has 0 radical (unpaired) electrons. The minimum absolute atomic E-state index is 0.0195. The Hall–Kier alpha value is -2.43. The lowest BCUT2D eigenvalue weighted by Gasteiger charge is -2.42. The topological polar surface area (TPSA) is 42.3 Å². The molecule has 1 aromatic carbocycles. The lowest BCUT2D eigenvalue weighted by atomic mass is 9.83. The van der Waals surface area contributed by atoms with Crippen LogP contribution in [0.2, 0.25) is 0 Å². The zero-order valence-electron chi connectivity index (χ0n) is 12.6. The van der Waals surface area contributed by atoms with Crippen molar-refractivity contribution in [1.29, 1.82) is 0 Å². The number of aromatic nitrogens is 1. The molecule has 1 fully saturated rings. The number of fused-ring (bicyclic) bond motifs is 4. The van der Waals surface area contributed by atoms with Crippen molar-refractivity contribution in [2.75, 3.05) is 13.1 Å². The largest absolute Gasteiger partial charge is 0.338 e. The van der Waals surface area contributed by atoms with Gasteiger partial charge in [-0.25, -0.2) is 4.39 Å². The van der Waals surface area contributed by atoms with Gasteiger partial charge in [-0.3, -0.25) is 9.59 Å². The molecule has 0 aliphatic carbocycles. The maximum absolute atomic E-state index is 13.9. The molecular formula is C18H17FN2O2. The standard InChI is InChI=1S/C18H17FN2O2/c19-15-5-2-1-4-14(15)18(23)20-9-12-8-13(11-20)16-6-3-7-17(22)21(16)10-12/h1-7,12-13H,8-11H2/t12-,13+/m0/s1. The number of carbonyl (C=O) groups excluding carboxylic acids is 1. The predicted molar refractivity (Wildman–Crippen MR) is 83.9 cm³/mol. The van der Waals surface area contributed by atoms with E-state index in [1.165, 1.54) is 12.1 Å². The Bertz CT molecular complexity index is 830. The molecule has 2 atom stereocenters. The minimum Gasteiger partial charge on any atom is -0.338 e. The number of pyridine rings is 1. The lowest BCUT2D eigenvalue weighted by molar-refractivity contribution is 0.0590. The van der Waals surface area contributed by atoms with E-state index in [4.69, 9.17) is 0 Å². The van der Waals surface area contributed by atoms with E-state index in [1.807, 2.05) is 10.6 Å². The van der Waals surface area contributed by atoms with Gasteiger partial charge >= 0.3 is 0 Å². The van der Waals surface area contributed by atoms with Gasteiger partial charge in [0.15, 0.2) is 0 Å². The second-order valence-electron chi connectivity index (χ2n) is 6.39. The summed E-state index contributed by atoms with van der Waals surface area (Å²) in [6, 6.07) is 11.4. The molecule has 2 aliphatic heterocycles. The summed E-state index contributed by atoms with van der Waals surface area (Å²) in [6.07, 6.45) is 0.977. The van der Waals surface area contributed by atoms with Crippen molar-refractivity contribution in [2.24, 2.45) is 5.92 Å². The van der Waals surface area contributed by atoms with E-state index in [2.05, 4.69) is 0 Å². The molecule has 0 N–H and O–H groups in total. The molecule has 4 rings (SSSR count). The quantitative estimate of drug-likeness (QED) is 0.810. The molecule has 2 aliphatic rings. The van der Waals surface area contributed by atoms with Crippen molar-refractivity contribution in [1.82, 2.24) is 9.47 Å². The fourth-order valence-corrected chi connectivity index (χ4v) is 3.87. The summed E-state index contributed by atoms with van der Waals surface area (Å²) in [5.74, 6) is -0.349. The van der Waals surface area contributed by atoms with E-state index in [0.29, 0.717) is 19.6 Å². The summed E-state index contributed by atoms with van der Waals surface area (Å²) in [5, 5.41) is 0. The average molecular weight is 312 g/mol. The number of benzene rings is 1. The Morgan fingerprint density at radius 1 is 1.04 bits per heavy atom. The number of hydrogen-bond acceptors (Lipinski definition) is 2. The number of nitrogens with zero attached hydrogens (tertiary/aromatic N) is 2. The molecule has 0 spiro atoms. The molecular weight excluding hydrogens is 295 g/mol. The molecule has 0 saturated carbocycles. The fraction of sp³-hybridized carbons (Fsp3) is 0.333. The Kier molecular flexibility index (Phi) is 3.29. The molecule has 1 amide bonds. The van der Waals surface area contributed by atoms with Crippen LogP contribution >= 0.6 is 0 Å². The molecule has 1 saturated heterocycles. The highest BCUT2D eigenvalue weighted by Crippen LogP contribution is 2.35. The number of amides is 1. The van der Waals surface area contributed by atoms with E-state index in [-0.39, 0.29) is 28.9 Å². The van der Waals surface area contributed by atoms with Gasteiger partial charge in [-0.1, -0.05) is 18.2 Å². The molecule has 4 nitrogen and oxygen atoms in total. The Labute approximate surface area is 133 Å². The first-order valence-corrected chi connectivity index (χ1v) is 7.87. The number of piperidine rings is 1. The summed E-state index contributed by atoms with van der Waals surface area (Å²) in [4.78, 5) is 26.4. The van der Waals surface area contributed by atoms with Crippen LogP contribution in [0.4, 0.5) is 4.39 Å². The molecule has 23 heavy (non-hydrogen) atoms. The third-order valence-corrected chi connectivity index (χ3v) is 4.87. The van der Waals surface area contributed by atoms with Crippen molar-refractivity contribution in [3.63, 3.8) is 0 Å². The first kappa shape index (κ1) is 14.2. The maximum atomic E-state index is 13.9. The number of likely N-dealkylation sites (tertiary alicyclic amines) is 1. The average Bonchev–Trinajstić information content (AvgIpc) is 2.55. The summed E-state index contributed by atoms with van der Waals surface area (Å²) in [7, 11) is 0. The second kappa shape index (κ2) is 5.33. The molecule has 118 valence electrons. The zero-order valence-corrected chi connectivity index (χ0v) is 12.6. The van der Waals surface area contributed by atoms with Crippen molar-refractivity contribution < 1.29 is 9.18 Å². The molecule has 2 aromatic rings. The Balaban J connectivity index is 1.65. The smallest absolute Gasteiger partial charge is 0.256 e. The van der Waals surface area contributed by atoms with Gasteiger partial charge in [0.1, 0.15) is 5.82 Å². The van der Waals surface area contributed by atoms with E-state index in [9.17, 15) is 14.0 Å². The fourth-order valence-electron chi connectivity index (χ4n) is 3.87. The molecule has 2 bridgehead atoms. The lowest BCUT2D eigenvalue weighted by Crippen LogP contribution is -2.49. The summed E-state index contributed by atoms with van der Waals surface area (Å²) in [5.41, 5.74) is 1.13. The van der Waals surface area contributed by atoms with Crippen LogP contribution in [0.1, 0.15) is 28.4 Å². The van der Waals surface area contributed by atoms with Gasteiger partial charge in [0.25, 0.3) is 11.5 Å². The van der Waals surface area contributed by atoms with Crippen LogP contribution in [0.25, 0.3) is 0 Å². The second-order valence-corrected chi connectivity index (χ2v) is 6.39. The highest BCUT2D eigenvalue weighted by molar-refractivity contribution is 5.94. The maximum Gasteiger partial charge on any atom is 0.256 e. The predicted octanol–water partition coefficient (Wildman–Crippen LogP) is 2.25. The van der Waals surface area contributed by atoms with Crippen LogP contribution < -0.4 is 5.56 Å². The zero-order chi connectivity index (χ0) is 16.0. The summed E-state index contributed by atoms with van der Waals surface area (Å²) < 4.78 is 15.7. The van der Waals surface area contributed by atoms with Gasteiger partial charge in [0.2, 0.25) is 0 Å². The van der Waals surface area contributed by atoms with Gasteiger partial charge in [0.05, 0.1) is 5.56 Å². The molecule has 0 unspecified atom stereocenters. The van der Waals surface area contributed by atoms with Crippen LogP contribution in [0.15, 0.2) is 47.3 Å². The third kappa shape index (κ3) is 2.36. The van der Waals surface area contributed by atoms with Crippen molar-refractivity contribution in [3.8, 4) is 0 Å². The molecule has 5 heteroatoms. The van der Waals surface area contributed by atoms with Crippen LogP contribution in [-0.2, 0) is 6.54 Å². The summed E-state index contributed by atoms with van der Waals surface area (Å²) in [6.45, 7) is 1.74. The van der Waals surface area contributed by atoms with Gasteiger partial charge in [0, 0.05) is 37.3 Å². The van der Waals surface area contributed by atoms with Crippen LogP contribution in [0.3, 0.4) is 0 Å². The van der Waals surface area contributed by atoms with Crippen molar-refractivity contribution >= 4 is 5.91 Å². The van der Waals surface area contributed by atoms with Gasteiger partial charge < -0.3 is 9.47 Å². The molecule has 1 aromatic heterocycles. The number of hydrogen-bond donors (Lipinski definition) is 0. The summed E-state index contributed by atoms with van der Waals surface area (Å²) >= 11 is 0. The number of carbonyl (C=O) groups is 1. The Morgan fingerprint density at radius 3 is 2.70 bits per heavy atom. The van der Waals surface area contributed by atoms with Crippen molar-refractivity contribution in [2.45, 2.75) is 18.9 Å². The first-order valence-electron chi connectivity index (χ1n) is 7.87. The van der Waals surface area contributed by atoms with E-state index in [0.717, 1.165) is 12.1 Å². The monoisotopic (exact) mass is 312 g/mol. The van der Waals surface area contributed by atoms with E-state index in [1.54, 1.807) is 29.2 Å². The van der Waals surface area contributed by atoms with Crippen LogP contribution in [0, 0.1) is 11.7 Å². The van der Waals surface area contributed by atoms with Crippen LogP contribution in [-0.4, -0.2) is 28.5 Å². The van der Waals surface area contributed by atoms with E-state index < -0.39 is 5.82 Å². The number of halogens is 1. The van der Waals surface area contributed by atoms with Crippen molar-refractivity contribution in [3.05, 3.63) is 69.9 Å².